The average molecular weight is 286 g/mol. The van der Waals surface area contributed by atoms with E-state index in [-0.39, 0.29) is 18.1 Å². The molecule has 0 unspecified atom stereocenters. The van der Waals surface area contributed by atoms with Crippen molar-refractivity contribution in [1.82, 2.24) is 10.2 Å². The fourth-order valence-electron chi connectivity index (χ4n) is 2.39. The molecule has 1 atom stereocenters. The van der Waals surface area contributed by atoms with Gasteiger partial charge in [0.1, 0.15) is 6.04 Å². The van der Waals surface area contributed by atoms with Gasteiger partial charge < -0.3 is 20.1 Å². The number of ether oxygens (including phenoxy) is 1. The van der Waals surface area contributed by atoms with Crippen molar-refractivity contribution in [3.05, 3.63) is 0 Å². The van der Waals surface area contributed by atoms with E-state index in [4.69, 9.17) is 9.84 Å². The van der Waals surface area contributed by atoms with E-state index in [0.29, 0.717) is 26.1 Å². The minimum Gasteiger partial charge on any atom is -0.480 e. The van der Waals surface area contributed by atoms with E-state index in [2.05, 4.69) is 5.32 Å². The van der Waals surface area contributed by atoms with Gasteiger partial charge >= 0.3 is 12.0 Å². The van der Waals surface area contributed by atoms with Crippen molar-refractivity contribution in [2.75, 3.05) is 19.7 Å². The maximum absolute atomic E-state index is 12.1. The molecule has 2 N–H and O–H groups in total. The Kier molecular flexibility index (Phi) is 6.78. The molecule has 1 aliphatic rings. The van der Waals surface area contributed by atoms with E-state index in [1.54, 1.807) is 4.90 Å². The van der Waals surface area contributed by atoms with Crippen LogP contribution in [-0.4, -0.2) is 53.8 Å². The Morgan fingerprint density at radius 3 is 2.40 bits per heavy atom. The molecule has 0 aliphatic carbocycles. The van der Waals surface area contributed by atoms with Gasteiger partial charge in [-0.25, -0.2) is 9.59 Å². The molecular formula is C14H26N2O4. The van der Waals surface area contributed by atoms with Crippen molar-refractivity contribution in [1.29, 1.82) is 0 Å². The molecular weight excluding hydrogens is 260 g/mol. The minimum absolute atomic E-state index is 0.218. The summed E-state index contributed by atoms with van der Waals surface area (Å²) >= 11 is 0. The Balaban J connectivity index is 2.43. The van der Waals surface area contributed by atoms with Crippen LogP contribution in [0.1, 0.15) is 40.0 Å². The summed E-state index contributed by atoms with van der Waals surface area (Å²) in [5, 5.41) is 11.7. The number of urea groups is 1. The highest BCUT2D eigenvalue weighted by Crippen LogP contribution is 2.14. The molecule has 0 saturated carbocycles. The summed E-state index contributed by atoms with van der Waals surface area (Å²) in [7, 11) is 0. The molecule has 1 heterocycles. The number of carbonyl (C=O) groups is 2. The van der Waals surface area contributed by atoms with Crippen molar-refractivity contribution in [3.63, 3.8) is 0 Å². The SMILES string of the molecule is CCOC1CCN(C(=O)N[C@@H](CC(C)C)C(=O)O)CC1. The smallest absolute Gasteiger partial charge is 0.326 e. The molecule has 6 heteroatoms. The molecule has 6 nitrogen and oxygen atoms in total. The van der Waals surface area contributed by atoms with Crippen LogP contribution in [0.5, 0.6) is 0 Å². The fourth-order valence-corrected chi connectivity index (χ4v) is 2.39. The Hall–Kier alpha value is -1.30. The predicted octanol–water partition coefficient (Wildman–Crippen LogP) is 1.70. The van der Waals surface area contributed by atoms with Gasteiger partial charge in [-0.3, -0.25) is 0 Å². The van der Waals surface area contributed by atoms with Gasteiger partial charge in [0.2, 0.25) is 0 Å². The number of nitrogens with zero attached hydrogens (tertiary/aromatic N) is 1. The molecule has 116 valence electrons. The molecule has 0 aromatic rings. The number of carbonyl (C=O) groups excluding carboxylic acids is 1. The maximum Gasteiger partial charge on any atom is 0.326 e. The Morgan fingerprint density at radius 1 is 1.35 bits per heavy atom. The van der Waals surface area contributed by atoms with Crippen LogP contribution in [0.2, 0.25) is 0 Å². The van der Waals surface area contributed by atoms with Crippen molar-refractivity contribution in [2.24, 2.45) is 5.92 Å². The van der Waals surface area contributed by atoms with Crippen LogP contribution in [-0.2, 0) is 9.53 Å². The third-order valence-electron chi connectivity index (χ3n) is 3.43. The van der Waals surface area contributed by atoms with E-state index in [1.165, 1.54) is 0 Å². The predicted molar refractivity (Wildman–Crippen MR) is 75.6 cm³/mol. The maximum atomic E-state index is 12.1. The van der Waals surface area contributed by atoms with Crippen LogP contribution < -0.4 is 5.32 Å². The second-order valence-corrected chi connectivity index (χ2v) is 5.61. The number of piperidine rings is 1. The number of hydrogen-bond acceptors (Lipinski definition) is 3. The summed E-state index contributed by atoms with van der Waals surface area (Å²) in [5.41, 5.74) is 0. The number of likely N-dealkylation sites (tertiary alicyclic amines) is 1. The molecule has 20 heavy (non-hydrogen) atoms. The highest BCUT2D eigenvalue weighted by molar-refractivity contribution is 5.82. The summed E-state index contributed by atoms with van der Waals surface area (Å²) in [6.45, 7) is 7.76. The van der Waals surface area contributed by atoms with E-state index in [1.807, 2.05) is 20.8 Å². The molecule has 0 spiro atoms. The van der Waals surface area contributed by atoms with Crippen LogP contribution in [0.15, 0.2) is 0 Å². The Bertz CT molecular complexity index is 325. The van der Waals surface area contributed by atoms with Crippen LogP contribution in [0.4, 0.5) is 4.79 Å². The molecule has 0 aromatic heterocycles. The first-order chi connectivity index (χ1) is 9.43. The van der Waals surface area contributed by atoms with Gasteiger partial charge in [0, 0.05) is 19.7 Å². The van der Waals surface area contributed by atoms with Gasteiger partial charge in [-0.2, -0.15) is 0 Å². The summed E-state index contributed by atoms with van der Waals surface area (Å²) in [6, 6.07) is -1.10. The van der Waals surface area contributed by atoms with Crippen molar-refractivity contribution >= 4 is 12.0 Å². The van der Waals surface area contributed by atoms with Crippen molar-refractivity contribution in [2.45, 2.75) is 52.2 Å². The van der Waals surface area contributed by atoms with Gasteiger partial charge in [-0.05, 0) is 32.1 Å². The molecule has 2 amide bonds. The largest absolute Gasteiger partial charge is 0.480 e. The number of nitrogens with one attached hydrogen (secondary N) is 1. The van der Waals surface area contributed by atoms with Crippen LogP contribution in [0, 0.1) is 5.92 Å². The number of hydrogen-bond donors (Lipinski definition) is 2. The second kappa shape index (κ2) is 8.09. The third kappa shape index (κ3) is 5.36. The Labute approximate surface area is 120 Å². The summed E-state index contributed by atoms with van der Waals surface area (Å²) < 4.78 is 5.53. The standard InChI is InChI=1S/C14H26N2O4/c1-4-20-11-5-7-16(8-6-11)14(19)15-12(13(17)18)9-10(2)3/h10-12H,4-9H2,1-3H3,(H,15,19)(H,17,18)/t12-/m0/s1. The topological polar surface area (TPSA) is 78.9 Å². The molecule has 1 fully saturated rings. The first kappa shape index (κ1) is 16.8. The van der Waals surface area contributed by atoms with E-state index >= 15 is 0 Å². The minimum atomic E-state index is -0.976. The monoisotopic (exact) mass is 286 g/mol. The zero-order chi connectivity index (χ0) is 15.1. The van der Waals surface area contributed by atoms with Gasteiger partial charge in [0.25, 0.3) is 0 Å². The molecule has 0 bridgehead atoms. The third-order valence-corrected chi connectivity index (χ3v) is 3.43. The first-order valence-electron chi connectivity index (χ1n) is 7.33. The number of rotatable bonds is 6. The molecule has 0 aromatic carbocycles. The van der Waals surface area contributed by atoms with Crippen molar-refractivity contribution in [3.8, 4) is 0 Å². The van der Waals surface area contributed by atoms with Crippen LogP contribution in [0.25, 0.3) is 0 Å². The van der Waals surface area contributed by atoms with Gasteiger partial charge in [0.05, 0.1) is 6.10 Å². The summed E-state index contributed by atoms with van der Waals surface area (Å²) in [5.74, 6) is -0.753. The first-order valence-corrected chi connectivity index (χ1v) is 7.33. The number of amides is 2. The second-order valence-electron chi connectivity index (χ2n) is 5.61. The number of aliphatic carboxylic acids is 1. The van der Waals surface area contributed by atoms with E-state index in [0.717, 1.165) is 12.8 Å². The highest BCUT2D eigenvalue weighted by atomic mass is 16.5. The highest BCUT2D eigenvalue weighted by Gasteiger charge is 2.27. The van der Waals surface area contributed by atoms with E-state index < -0.39 is 12.0 Å². The lowest BCUT2D eigenvalue weighted by Crippen LogP contribution is -2.51. The lowest BCUT2D eigenvalue weighted by atomic mass is 10.0. The fraction of sp³-hybridized carbons (Fsp3) is 0.857. The van der Waals surface area contributed by atoms with Crippen LogP contribution in [0.3, 0.4) is 0 Å². The summed E-state index contributed by atoms with van der Waals surface area (Å²) in [6.07, 6.45) is 2.28. The molecule has 1 aliphatic heterocycles. The molecule has 1 rings (SSSR count). The zero-order valence-electron chi connectivity index (χ0n) is 12.6. The number of carboxylic acids is 1. The van der Waals surface area contributed by atoms with Crippen molar-refractivity contribution < 1.29 is 19.4 Å². The quantitative estimate of drug-likeness (QED) is 0.779. The lowest BCUT2D eigenvalue weighted by Gasteiger charge is -2.32. The van der Waals surface area contributed by atoms with Crippen LogP contribution >= 0.6 is 0 Å². The molecule has 1 saturated heterocycles. The number of carboxylic acid groups (broad SMARTS) is 1. The van der Waals surface area contributed by atoms with Gasteiger partial charge in [0.15, 0.2) is 0 Å². The van der Waals surface area contributed by atoms with Gasteiger partial charge in [-0.15, -0.1) is 0 Å². The van der Waals surface area contributed by atoms with Gasteiger partial charge in [-0.1, -0.05) is 13.8 Å². The Morgan fingerprint density at radius 2 is 1.95 bits per heavy atom. The van der Waals surface area contributed by atoms with E-state index in [9.17, 15) is 9.59 Å². The average Bonchev–Trinajstić information content (AvgIpc) is 2.38. The zero-order valence-corrected chi connectivity index (χ0v) is 12.6. The normalized spacial score (nSPS) is 18.1. The summed E-state index contributed by atoms with van der Waals surface area (Å²) in [4.78, 5) is 24.9. The lowest BCUT2D eigenvalue weighted by molar-refractivity contribution is -0.139. The molecule has 0 radical (unpaired) electrons.